The predicted molar refractivity (Wildman–Crippen MR) is 100 cm³/mol. The molecule has 1 aromatic rings. The Labute approximate surface area is 149 Å². The van der Waals surface area contributed by atoms with Crippen molar-refractivity contribution in [1.29, 1.82) is 0 Å². The molecule has 0 amide bonds. The standard InChI is InChI=1S/C18H25ClN2OS/c1-20-16-7-4-3-6-14(16)18(21-10-5-11-22-2)15-12-13(19)8-9-17(15)23/h3,6,8-9,12,18,20-21,23H,4-5,7,10-11H2,1-2H3. The monoisotopic (exact) mass is 352 g/mol. The minimum Gasteiger partial charge on any atom is -0.391 e. The molecule has 1 unspecified atom stereocenters. The average molecular weight is 353 g/mol. The van der Waals surface area contributed by atoms with Gasteiger partial charge in [-0.1, -0.05) is 23.8 Å². The molecule has 2 N–H and O–H groups in total. The Morgan fingerprint density at radius 2 is 2.22 bits per heavy atom. The van der Waals surface area contributed by atoms with Crippen molar-refractivity contribution in [2.75, 3.05) is 27.3 Å². The fourth-order valence-electron chi connectivity index (χ4n) is 2.83. The van der Waals surface area contributed by atoms with Crippen LogP contribution in [0.1, 0.15) is 30.9 Å². The molecule has 126 valence electrons. The van der Waals surface area contributed by atoms with E-state index >= 15 is 0 Å². The Bertz CT molecular complexity index is 586. The highest BCUT2D eigenvalue weighted by atomic mass is 35.5. The first-order valence-corrected chi connectivity index (χ1v) is 8.78. The van der Waals surface area contributed by atoms with Crippen LogP contribution in [0, 0.1) is 0 Å². The molecule has 0 saturated heterocycles. The first kappa shape index (κ1) is 18.4. The van der Waals surface area contributed by atoms with E-state index in [0.29, 0.717) is 0 Å². The molecule has 1 aliphatic rings. The Balaban J connectivity index is 2.33. The zero-order chi connectivity index (χ0) is 16.7. The van der Waals surface area contributed by atoms with Gasteiger partial charge in [0.25, 0.3) is 0 Å². The highest BCUT2D eigenvalue weighted by molar-refractivity contribution is 7.80. The van der Waals surface area contributed by atoms with E-state index < -0.39 is 0 Å². The smallest absolute Gasteiger partial charge is 0.0605 e. The van der Waals surface area contributed by atoms with E-state index in [0.717, 1.165) is 47.9 Å². The van der Waals surface area contributed by atoms with E-state index in [1.807, 2.05) is 25.2 Å². The number of ether oxygens (including phenoxy) is 1. The molecule has 0 bridgehead atoms. The molecule has 1 atom stereocenters. The fraction of sp³-hybridized carbons (Fsp3) is 0.444. The van der Waals surface area contributed by atoms with Crippen LogP contribution in [0.2, 0.25) is 5.02 Å². The molecule has 1 aliphatic carbocycles. The lowest BCUT2D eigenvalue weighted by Gasteiger charge is -2.27. The number of thiol groups is 1. The third-order valence-electron chi connectivity index (χ3n) is 3.99. The molecule has 2 rings (SSSR count). The summed E-state index contributed by atoms with van der Waals surface area (Å²) in [6.07, 6.45) is 7.49. The Kier molecular flexibility index (Phi) is 7.50. The summed E-state index contributed by atoms with van der Waals surface area (Å²) in [7, 11) is 3.71. The predicted octanol–water partition coefficient (Wildman–Crippen LogP) is 4.12. The second-order valence-corrected chi connectivity index (χ2v) is 6.48. The summed E-state index contributed by atoms with van der Waals surface area (Å²) in [5.41, 5.74) is 3.63. The summed E-state index contributed by atoms with van der Waals surface area (Å²) in [6.45, 7) is 1.61. The van der Waals surface area contributed by atoms with Crippen molar-refractivity contribution in [1.82, 2.24) is 10.6 Å². The van der Waals surface area contributed by atoms with Crippen LogP contribution in [0.3, 0.4) is 0 Å². The van der Waals surface area contributed by atoms with Gasteiger partial charge in [0.05, 0.1) is 6.04 Å². The third kappa shape index (κ3) is 5.01. The Morgan fingerprint density at radius 1 is 1.39 bits per heavy atom. The first-order valence-electron chi connectivity index (χ1n) is 7.95. The van der Waals surface area contributed by atoms with Gasteiger partial charge in [0.15, 0.2) is 0 Å². The van der Waals surface area contributed by atoms with Gasteiger partial charge in [-0.2, -0.15) is 0 Å². The van der Waals surface area contributed by atoms with E-state index in [1.54, 1.807) is 7.11 Å². The van der Waals surface area contributed by atoms with Crippen molar-refractivity contribution >= 4 is 24.2 Å². The number of halogens is 1. The van der Waals surface area contributed by atoms with Gasteiger partial charge in [-0.05, 0) is 55.1 Å². The molecule has 23 heavy (non-hydrogen) atoms. The highest BCUT2D eigenvalue weighted by Gasteiger charge is 2.21. The zero-order valence-corrected chi connectivity index (χ0v) is 15.4. The van der Waals surface area contributed by atoms with Crippen molar-refractivity contribution < 1.29 is 4.74 Å². The maximum absolute atomic E-state index is 6.22. The number of benzene rings is 1. The van der Waals surface area contributed by atoms with Gasteiger partial charge >= 0.3 is 0 Å². The minimum atomic E-state index is 0.0667. The highest BCUT2D eigenvalue weighted by Crippen LogP contribution is 2.33. The van der Waals surface area contributed by atoms with Crippen LogP contribution in [-0.4, -0.2) is 27.3 Å². The van der Waals surface area contributed by atoms with Crippen LogP contribution in [-0.2, 0) is 4.74 Å². The van der Waals surface area contributed by atoms with Gasteiger partial charge in [0.1, 0.15) is 0 Å². The van der Waals surface area contributed by atoms with E-state index in [1.165, 1.54) is 11.3 Å². The molecule has 0 heterocycles. The molecular formula is C18H25ClN2OS. The van der Waals surface area contributed by atoms with Gasteiger partial charge < -0.3 is 15.4 Å². The summed E-state index contributed by atoms with van der Waals surface area (Å²) in [5, 5.41) is 7.71. The van der Waals surface area contributed by atoms with Crippen LogP contribution in [0.15, 0.2) is 46.5 Å². The lowest BCUT2D eigenvalue weighted by molar-refractivity contribution is 0.193. The second-order valence-electron chi connectivity index (χ2n) is 5.56. The molecule has 0 saturated carbocycles. The quantitative estimate of drug-likeness (QED) is 0.486. The summed E-state index contributed by atoms with van der Waals surface area (Å²) in [6, 6.07) is 5.90. The number of rotatable bonds is 8. The van der Waals surface area contributed by atoms with E-state index in [9.17, 15) is 0 Å². The van der Waals surface area contributed by atoms with E-state index in [-0.39, 0.29) is 6.04 Å². The second kappa shape index (κ2) is 9.38. The molecule has 0 aromatic heterocycles. The van der Waals surface area contributed by atoms with Crippen molar-refractivity contribution in [3.05, 3.63) is 52.2 Å². The Morgan fingerprint density at radius 3 is 2.96 bits per heavy atom. The first-order chi connectivity index (χ1) is 11.2. The fourth-order valence-corrected chi connectivity index (χ4v) is 3.28. The summed E-state index contributed by atoms with van der Waals surface area (Å²) in [4.78, 5) is 0.945. The Hall–Kier alpha value is -0.940. The van der Waals surface area contributed by atoms with Crippen molar-refractivity contribution in [2.24, 2.45) is 0 Å². The number of methoxy groups -OCH3 is 1. The lowest BCUT2D eigenvalue weighted by Crippen LogP contribution is -2.28. The molecule has 0 fully saturated rings. The third-order valence-corrected chi connectivity index (χ3v) is 4.64. The van der Waals surface area contributed by atoms with Gasteiger partial charge in [-0.3, -0.25) is 0 Å². The molecule has 0 radical (unpaired) electrons. The van der Waals surface area contributed by atoms with Crippen LogP contribution in [0.4, 0.5) is 0 Å². The molecule has 0 aliphatic heterocycles. The summed E-state index contributed by atoms with van der Waals surface area (Å²) < 4.78 is 5.15. The van der Waals surface area contributed by atoms with Gasteiger partial charge in [0.2, 0.25) is 0 Å². The largest absolute Gasteiger partial charge is 0.391 e. The van der Waals surface area contributed by atoms with Gasteiger partial charge in [0, 0.05) is 36.4 Å². The normalized spacial score (nSPS) is 15.8. The van der Waals surface area contributed by atoms with Crippen LogP contribution < -0.4 is 10.6 Å². The number of nitrogens with one attached hydrogen (secondary N) is 2. The molecule has 5 heteroatoms. The molecule has 1 aromatic carbocycles. The van der Waals surface area contributed by atoms with Crippen molar-refractivity contribution in [2.45, 2.75) is 30.2 Å². The summed E-state index contributed by atoms with van der Waals surface area (Å²) >= 11 is 10.9. The maximum Gasteiger partial charge on any atom is 0.0605 e. The minimum absolute atomic E-state index is 0.0667. The lowest BCUT2D eigenvalue weighted by atomic mass is 9.91. The molecular weight excluding hydrogens is 328 g/mol. The molecule has 3 nitrogen and oxygen atoms in total. The van der Waals surface area contributed by atoms with Crippen molar-refractivity contribution in [3.63, 3.8) is 0 Å². The number of hydrogen-bond donors (Lipinski definition) is 3. The van der Waals surface area contributed by atoms with Crippen molar-refractivity contribution in [3.8, 4) is 0 Å². The number of allylic oxidation sites excluding steroid dienone is 2. The van der Waals surface area contributed by atoms with E-state index in [4.69, 9.17) is 16.3 Å². The van der Waals surface area contributed by atoms with Gasteiger partial charge in [-0.25, -0.2) is 0 Å². The van der Waals surface area contributed by atoms with Gasteiger partial charge in [-0.15, -0.1) is 12.6 Å². The van der Waals surface area contributed by atoms with Crippen LogP contribution in [0.25, 0.3) is 0 Å². The maximum atomic E-state index is 6.22. The van der Waals surface area contributed by atoms with Crippen LogP contribution in [0.5, 0.6) is 0 Å². The number of hydrogen-bond acceptors (Lipinski definition) is 4. The topological polar surface area (TPSA) is 33.3 Å². The van der Waals surface area contributed by atoms with E-state index in [2.05, 4.69) is 35.4 Å². The zero-order valence-electron chi connectivity index (χ0n) is 13.7. The SMILES string of the molecule is CNC1=C(C(NCCCOC)c2cc(Cl)ccc2S)C=CCC1. The van der Waals surface area contributed by atoms with Crippen LogP contribution >= 0.6 is 24.2 Å². The average Bonchev–Trinajstić information content (AvgIpc) is 2.57. The molecule has 0 spiro atoms. The summed E-state index contributed by atoms with van der Waals surface area (Å²) in [5.74, 6) is 0.